The summed E-state index contributed by atoms with van der Waals surface area (Å²) >= 11 is 6.82. The number of nitrogens with one attached hydrogen (secondary N) is 1. The number of amidine groups is 1. The number of nitrogens with zero attached hydrogens (tertiary/aromatic N) is 1. The number of methoxy groups -OCH3 is 1. The van der Waals surface area contributed by atoms with Gasteiger partial charge >= 0.3 is 0 Å². The molecule has 104 valence electrons. The zero-order valence-corrected chi connectivity index (χ0v) is 13.7. The molecule has 0 bridgehead atoms. The van der Waals surface area contributed by atoms with Crippen molar-refractivity contribution in [1.82, 2.24) is 4.98 Å². The number of halogens is 2. The van der Waals surface area contributed by atoms with Crippen molar-refractivity contribution in [2.75, 3.05) is 7.11 Å². The normalized spacial score (nSPS) is 10.2. The number of hydrogen-bond donors (Lipinski definition) is 2. The van der Waals surface area contributed by atoms with E-state index in [1.165, 1.54) is 0 Å². The van der Waals surface area contributed by atoms with E-state index in [-0.39, 0.29) is 5.84 Å². The number of benzene rings is 1. The molecule has 0 aliphatic carbocycles. The van der Waals surface area contributed by atoms with Crippen molar-refractivity contribution in [3.63, 3.8) is 0 Å². The number of ether oxygens (including phenoxy) is 2. The first-order chi connectivity index (χ1) is 9.51. The van der Waals surface area contributed by atoms with Crippen molar-refractivity contribution in [1.29, 1.82) is 5.41 Å². The summed E-state index contributed by atoms with van der Waals surface area (Å²) in [4.78, 5) is 3.98. The molecule has 0 fully saturated rings. The van der Waals surface area contributed by atoms with Gasteiger partial charge in [0, 0.05) is 12.3 Å². The molecule has 0 aliphatic rings. The summed E-state index contributed by atoms with van der Waals surface area (Å²) in [6.45, 7) is 0. The van der Waals surface area contributed by atoms with Crippen LogP contribution in [0.3, 0.4) is 0 Å². The molecule has 2 aromatic rings. The summed E-state index contributed by atoms with van der Waals surface area (Å²) in [6.07, 6.45) is 1.54. The molecule has 5 nitrogen and oxygen atoms in total. The Hall–Kier alpha value is -1.60. The minimum atomic E-state index is -0.106. The predicted molar refractivity (Wildman–Crippen MR) is 83.7 cm³/mol. The Bertz CT molecular complexity index is 662. The predicted octanol–water partition coefficient (Wildman–Crippen LogP) is 3.69. The van der Waals surface area contributed by atoms with Gasteiger partial charge in [0.2, 0.25) is 0 Å². The van der Waals surface area contributed by atoms with Crippen LogP contribution in [0.2, 0.25) is 0 Å². The van der Waals surface area contributed by atoms with Crippen molar-refractivity contribution < 1.29 is 9.47 Å². The molecule has 0 radical (unpaired) electrons. The summed E-state index contributed by atoms with van der Waals surface area (Å²) in [5, 5.41) is 7.37. The molecule has 0 spiro atoms. The lowest BCUT2D eigenvalue weighted by Gasteiger charge is -2.11. The molecule has 3 N–H and O–H groups in total. The molecule has 0 atom stereocenters. The van der Waals surface area contributed by atoms with Crippen LogP contribution in [-0.2, 0) is 0 Å². The Morgan fingerprint density at radius 2 is 1.85 bits per heavy atom. The molecule has 1 aromatic carbocycles. The summed E-state index contributed by atoms with van der Waals surface area (Å²) < 4.78 is 12.5. The lowest BCUT2D eigenvalue weighted by Crippen LogP contribution is -2.12. The van der Waals surface area contributed by atoms with Crippen molar-refractivity contribution in [3.8, 4) is 17.2 Å². The molecule has 0 amide bonds. The van der Waals surface area contributed by atoms with Gasteiger partial charge in [-0.25, -0.2) is 0 Å². The lowest BCUT2D eigenvalue weighted by molar-refractivity contribution is 0.409. The van der Waals surface area contributed by atoms with E-state index < -0.39 is 0 Å². The maximum absolute atomic E-state index is 7.37. The highest BCUT2D eigenvalue weighted by Gasteiger charge is 2.10. The Labute approximate surface area is 132 Å². The number of hydrogen-bond acceptors (Lipinski definition) is 4. The average Bonchev–Trinajstić information content (AvgIpc) is 2.42. The third-order valence-electron chi connectivity index (χ3n) is 2.44. The highest BCUT2D eigenvalue weighted by Crippen LogP contribution is 2.38. The lowest BCUT2D eigenvalue weighted by atomic mass is 10.3. The standard InChI is InChI=1S/C13H11Br2N3O2/c1-19-11-5-9(15)12(6-8(11)14)20-7-2-3-18-10(4-7)13(16)17/h2-6H,1H3,(H3,16,17). The molecule has 1 heterocycles. The molecule has 2 rings (SSSR count). The summed E-state index contributed by atoms with van der Waals surface area (Å²) in [5.41, 5.74) is 5.77. The Kier molecular flexibility index (Phi) is 4.61. The fraction of sp³-hybridized carbons (Fsp3) is 0.0769. The van der Waals surface area contributed by atoms with E-state index in [4.69, 9.17) is 20.6 Å². The van der Waals surface area contributed by atoms with E-state index in [9.17, 15) is 0 Å². The van der Waals surface area contributed by atoms with Crippen molar-refractivity contribution in [3.05, 3.63) is 45.1 Å². The van der Waals surface area contributed by atoms with Crippen molar-refractivity contribution in [2.24, 2.45) is 5.73 Å². The van der Waals surface area contributed by atoms with Gasteiger partial charge < -0.3 is 15.2 Å². The van der Waals surface area contributed by atoms with Crippen LogP contribution in [0, 0.1) is 5.41 Å². The van der Waals surface area contributed by atoms with Gasteiger partial charge in [0.1, 0.15) is 28.8 Å². The second kappa shape index (κ2) is 6.23. The molecule has 0 unspecified atom stereocenters. The highest BCUT2D eigenvalue weighted by molar-refractivity contribution is 9.11. The molecule has 20 heavy (non-hydrogen) atoms. The topological polar surface area (TPSA) is 81.2 Å². The molecular formula is C13H11Br2N3O2. The monoisotopic (exact) mass is 399 g/mol. The van der Waals surface area contributed by atoms with Crippen LogP contribution < -0.4 is 15.2 Å². The molecule has 7 heteroatoms. The number of nitrogen functional groups attached to an aromatic ring is 1. The summed E-state index contributed by atoms with van der Waals surface area (Å²) in [6, 6.07) is 6.88. The van der Waals surface area contributed by atoms with Crippen LogP contribution >= 0.6 is 31.9 Å². The summed E-state index contributed by atoms with van der Waals surface area (Å²) in [7, 11) is 1.59. The minimum Gasteiger partial charge on any atom is -0.496 e. The number of aromatic nitrogens is 1. The van der Waals surface area contributed by atoms with Gasteiger partial charge in [0.25, 0.3) is 0 Å². The van der Waals surface area contributed by atoms with Gasteiger partial charge in [0.05, 0.1) is 16.1 Å². The highest BCUT2D eigenvalue weighted by atomic mass is 79.9. The minimum absolute atomic E-state index is 0.106. The third kappa shape index (κ3) is 3.29. The van der Waals surface area contributed by atoms with Crippen LogP contribution in [0.15, 0.2) is 39.4 Å². The van der Waals surface area contributed by atoms with Crippen LogP contribution in [0.1, 0.15) is 5.69 Å². The number of nitrogens with two attached hydrogens (primary N) is 1. The van der Waals surface area contributed by atoms with E-state index in [1.54, 1.807) is 37.6 Å². The first kappa shape index (κ1) is 14.8. The molecule has 0 saturated heterocycles. The number of pyridine rings is 1. The SMILES string of the molecule is COc1cc(Br)c(Oc2ccnc(C(=N)N)c2)cc1Br. The zero-order valence-electron chi connectivity index (χ0n) is 10.5. The summed E-state index contributed by atoms with van der Waals surface area (Å²) in [5.74, 6) is 1.75. The van der Waals surface area contributed by atoms with E-state index in [0.717, 1.165) is 8.95 Å². The fourth-order valence-electron chi connectivity index (χ4n) is 1.49. The van der Waals surface area contributed by atoms with E-state index >= 15 is 0 Å². The third-order valence-corrected chi connectivity index (χ3v) is 3.68. The molecule has 0 saturated carbocycles. The van der Waals surface area contributed by atoms with Gasteiger partial charge in [-0.2, -0.15) is 0 Å². The van der Waals surface area contributed by atoms with Gasteiger partial charge in [-0.15, -0.1) is 0 Å². The van der Waals surface area contributed by atoms with E-state index in [0.29, 0.717) is 22.9 Å². The Morgan fingerprint density at radius 1 is 1.20 bits per heavy atom. The van der Waals surface area contributed by atoms with Gasteiger partial charge in [0.15, 0.2) is 0 Å². The molecule has 0 aliphatic heterocycles. The first-order valence-electron chi connectivity index (χ1n) is 5.52. The average molecular weight is 401 g/mol. The maximum Gasteiger partial charge on any atom is 0.143 e. The van der Waals surface area contributed by atoms with Gasteiger partial charge in [-0.1, -0.05) is 0 Å². The van der Waals surface area contributed by atoms with Gasteiger partial charge in [-0.05, 0) is 50.1 Å². The Morgan fingerprint density at radius 3 is 2.50 bits per heavy atom. The van der Waals surface area contributed by atoms with E-state index in [2.05, 4.69) is 36.8 Å². The zero-order chi connectivity index (χ0) is 14.7. The quantitative estimate of drug-likeness (QED) is 0.605. The van der Waals surface area contributed by atoms with Crippen LogP contribution in [0.4, 0.5) is 0 Å². The van der Waals surface area contributed by atoms with Crippen LogP contribution in [-0.4, -0.2) is 17.9 Å². The second-order valence-electron chi connectivity index (χ2n) is 3.81. The van der Waals surface area contributed by atoms with E-state index in [1.807, 2.05) is 0 Å². The van der Waals surface area contributed by atoms with Crippen molar-refractivity contribution in [2.45, 2.75) is 0 Å². The molecule has 1 aromatic heterocycles. The first-order valence-corrected chi connectivity index (χ1v) is 7.11. The Balaban J connectivity index is 2.32. The molecular weight excluding hydrogens is 390 g/mol. The smallest absolute Gasteiger partial charge is 0.143 e. The van der Waals surface area contributed by atoms with Gasteiger partial charge in [-0.3, -0.25) is 10.4 Å². The maximum atomic E-state index is 7.37. The fourth-order valence-corrected chi connectivity index (χ4v) is 2.38. The van der Waals surface area contributed by atoms with Crippen molar-refractivity contribution >= 4 is 37.7 Å². The largest absolute Gasteiger partial charge is 0.496 e. The number of rotatable bonds is 4. The second-order valence-corrected chi connectivity index (χ2v) is 5.52. The van der Waals surface area contributed by atoms with Crippen LogP contribution in [0.5, 0.6) is 17.2 Å². The van der Waals surface area contributed by atoms with Crippen LogP contribution in [0.25, 0.3) is 0 Å².